The highest BCUT2D eigenvalue weighted by Gasteiger charge is 2.39. The summed E-state index contributed by atoms with van der Waals surface area (Å²) in [5, 5.41) is 12.4. The summed E-state index contributed by atoms with van der Waals surface area (Å²) in [7, 11) is 0. The summed E-state index contributed by atoms with van der Waals surface area (Å²) in [5.74, 6) is 0. The van der Waals surface area contributed by atoms with Crippen LogP contribution in [0, 0.1) is 13.8 Å². The van der Waals surface area contributed by atoms with Crippen LogP contribution in [0.2, 0.25) is 0 Å². The van der Waals surface area contributed by atoms with Crippen LogP contribution in [-0.2, 0) is 5.54 Å². The van der Waals surface area contributed by atoms with Crippen LogP contribution in [0.15, 0.2) is 12.1 Å². The van der Waals surface area contributed by atoms with Crippen LogP contribution in [0.3, 0.4) is 0 Å². The van der Waals surface area contributed by atoms with E-state index in [1.54, 1.807) is 0 Å². The molecule has 1 aliphatic heterocycles. The first kappa shape index (κ1) is 9.74. The van der Waals surface area contributed by atoms with Gasteiger partial charge in [0.2, 0.25) is 0 Å². The number of aromatic nitrogens is 1. The second-order valence-corrected chi connectivity index (χ2v) is 4.25. The minimum absolute atomic E-state index is 0.131. The Hall–Kier alpha value is -0.800. The lowest BCUT2D eigenvalue weighted by molar-refractivity contribution is 0.118. The molecular weight excluding hydrogens is 176 g/mol. The third-order valence-electron chi connectivity index (χ3n) is 3.23. The van der Waals surface area contributed by atoms with Gasteiger partial charge in [0, 0.05) is 31.1 Å². The Morgan fingerprint density at radius 3 is 2.29 bits per heavy atom. The summed E-state index contributed by atoms with van der Waals surface area (Å²) < 4.78 is 2.36. The van der Waals surface area contributed by atoms with Crippen molar-refractivity contribution in [1.82, 2.24) is 9.88 Å². The molecule has 0 unspecified atom stereocenters. The van der Waals surface area contributed by atoms with Gasteiger partial charge in [0.25, 0.3) is 0 Å². The van der Waals surface area contributed by atoms with E-state index in [0.29, 0.717) is 0 Å². The Bertz CT molecular complexity index is 307. The molecule has 0 aliphatic carbocycles. The number of nitrogens with one attached hydrogen (secondary N) is 1. The number of hydrogen-bond acceptors (Lipinski definition) is 2. The Morgan fingerprint density at radius 1 is 1.36 bits per heavy atom. The van der Waals surface area contributed by atoms with Gasteiger partial charge in [-0.05, 0) is 32.4 Å². The maximum atomic E-state index is 9.11. The molecule has 1 fully saturated rings. The molecule has 1 aromatic rings. The summed E-state index contributed by atoms with van der Waals surface area (Å²) in [6.07, 6.45) is 0.844. The Kier molecular flexibility index (Phi) is 2.37. The fourth-order valence-electron chi connectivity index (χ4n) is 2.49. The van der Waals surface area contributed by atoms with Crippen molar-refractivity contribution in [2.24, 2.45) is 0 Å². The van der Waals surface area contributed by atoms with E-state index in [1.165, 1.54) is 11.4 Å². The predicted octanol–water partition coefficient (Wildman–Crippen LogP) is 0.786. The van der Waals surface area contributed by atoms with Gasteiger partial charge in [-0.3, -0.25) is 0 Å². The smallest absolute Gasteiger partial charge is 0.0714 e. The van der Waals surface area contributed by atoms with Gasteiger partial charge in [-0.25, -0.2) is 0 Å². The fraction of sp³-hybridized carbons (Fsp3) is 0.636. The Labute approximate surface area is 84.7 Å². The van der Waals surface area contributed by atoms with Crippen LogP contribution in [-0.4, -0.2) is 29.4 Å². The number of aliphatic hydroxyl groups excluding tert-OH is 1. The monoisotopic (exact) mass is 194 g/mol. The van der Waals surface area contributed by atoms with Crippen molar-refractivity contribution in [3.05, 3.63) is 23.5 Å². The van der Waals surface area contributed by atoms with E-state index in [0.717, 1.165) is 19.5 Å². The Balaban J connectivity index is 2.35. The molecule has 2 heterocycles. The van der Waals surface area contributed by atoms with E-state index in [-0.39, 0.29) is 12.1 Å². The number of aliphatic hydroxyl groups is 1. The normalized spacial score (nSPS) is 19.4. The molecule has 3 heteroatoms. The second-order valence-electron chi connectivity index (χ2n) is 4.25. The van der Waals surface area contributed by atoms with Crippen molar-refractivity contribution in [3.63, 3.8) is 0 Å². The van der Waals surface area contributed by atoms with Crippen LogP contribution < -0.4 is 5.32 Å². The zero-order valence-electron chi connectivity index (χ0n) is 8.88. The van der Waals surface area contributed by atoms with Crippen LogP contribution in [0.4, 0.5) is 0 Å². The molecule has 0 aromatic carbocycles. The van der Waals surface area contributed by atoms with Gasteiger partial charge in [0.05, 0.1) is 5.54 Å². The zero-order valence-corrected chi connectivity index (χ0v) is 8.88. The lowest BCUT2D eigenvalue weighted by Crippen LogP contribution is -2.61. The molecule has 1 saturated heterocycles. The SMILES string of the molecule is Cc1ccc(C)n1C1(CCO)CNC1. The molecule has 78 valence electrons. The summed E-state index contributed by atoms with van der Waals surface area (Å²) in [5.41, 5.74) is 2.71. The lowest BCUT2D eigenvalue weighted by Gasteiger charge is -2.45. The molecule has 0 spiro atoms. The topological polar surface area (TPSA) is 37.2 Å². The lowest BCUT2D eigenvalue weighted by atomic mass is 9.88. The average Bonchev–Trinajstić information content (AvgIpc) is 2.41. The fourth-order valence-corrected chi connectivity index (χ4v) is 2.49. The van der Waals surface area contributed by atoms with Crippen LogP contribution in [0.1, 0.15) is 17.8 Å². The molecule has 0 radical (unpaired) electrons. The third kappa shape index (κ3) is 1.28. The molecule has 0 atom stereocenters. The standard InChI is InChI=1S/C11H18N2O/c1-9-3-4-10(2)13(9)11(5-6-14)7-12-8-11/h3-4,12,14H,5-8H2,1-2H3. The molecule has 0 saturated carbocycles. The molecule has 2 rings (SSSR count). The summed E-state index contributed by atoms with van der Waals surface area (Å²) in [6, 6.07) is 4.29. The van der Waals surface area contributed by atoms with Crippen molar-refractivity contribution in [2.45, 2.75) is 25.8 Å². The van der Waals surface area contributed by atoms with E-state index in [2.05, 4.69) is 35.9 Å². The first-order chi connectivity index (χ1) is 6.69. The maximum Gasteiger partial charge on any atom is 0.0714 e. The van der Waals surface area contributed by atoms with Gasteiger partial charge in [-0.2, -0.15) is 0 Å². The van der Waals surface area contributed by atoms with Gasteiger partial charge < -0.3 is 15.0 Å². The van der Waals surface area contributed by atoms with Crippen molar-refractivity contribution >= 4 is 0 Å². The predicted molar refractivity (Wildman–Crippen MR) is 56.5 cm³/mol. The van der Waals surface area contributed by atoms with Crippen LogP contribution in [0.5, 0.6) is 0 Å². The van der Waals surface area contributed by atoms with Crippen molar-refractivity contribution in [2.75, 3.05) is 19.7 Å². The number of hydrogen-bond donors (Lipinski definition) is 2. The molecule has 3 nitrogen and oxygen atoms in total. The van der Waals surface area contributed by atoms with Gasteiger partial charge in [-0.1, -0.05) is 0 Å². The number of rotatable bonds is 3. The average molecular weight is 194 g/mol. The molecule has 14 heavy (non-hydrogen) atoms. The minimum Gasteiger partial charge on any atom is -0.396 e. The summed E-state index contributed by atoms with van der Waals surface area (Å²) >= 11 is 0. The van der Waals surface area contributed by atoms with Gasteiger partial charge in [0.15, 0.2) is 0 Å². The molecule has 2 N–H and O–H groups in total. The Morgan fingerprint density at radius 2 is 1.93 bits per heavy atom. The molecule has 0 amide bonds. The number of aryl methyl sites for hydroxylation is 2. The highest BCUT2D eigenvalue weighted by atomic mass is 16.3. The van der Waals surface area contributed by atoms with Crippen molar-refractivity contribution in [1.29, 1.82) is 0 Å². The quantitative estimate of drug-likeness (QED) is 0.746. The summed E-state index contributed by atoms with van der Waals surface area (Å²) in [6.45, 7) is 6.47. The van der Waals surface area contributed by atoms with E-state index in [1.807, 2.05) is 0 Å². The number of nitrogens with zero attached hydrogens (tertiary/aromatic N) is 1. The van der Waals surface area contributed by atoms with Crippen LogP contribution >= 0.6 is 0 Å². The first-order valence-electron chi connectivity index (χ1n) is 5.17. The first-order valence-corrected chi connectivity index (χ1v) is 5.17. The highest BCUT2D eigenvalue weighted by Crippen LogP contribution is 2.29. The highest BCUT2D eigenvalue weighted by molar-refractivity contribution is 5.20. The van der Waals surface area contributed by atoms with Crippen molar-refractivity contribution in [3.8, 4) is 0 Å². The molecule has 1 aliphatic rings. The maximum absolute atomic E-state index is 9.11. The van der Waals surface area contributed by atoms with E-state index in [4.69, 9.17) is 5.11 Å². The largest absolute Gasteiger partial charge is 0.396 e. The van der Waals surface area contributed by atoms with E-state index < -0.39 is 0 Å². The van der Waals surface area contributed by atoms with Gasteiger partial charge in [0.1, 0.15) is 0 Å². The van der Waals surface area contributed by atoms with Gasteiger partial charge >= 0.3 is 0 Å². The van der Waals surface area contributed by atoms with Gasteiger partial charge in [-0.15, -0.1) is 0 Å². The molecule has 0 bridgehead atoms. The minimum atomic E-state index is 0.131. The second kappa shape index (κ2) is 3.41. The molecule has 1 aromatic heterocycles. The third-order valence-corrected chi connectivity index (χ3v) is 3.23. The zero-order chi connectivity index (χ0) is 10.2. The van der Waals surface area contributed by atoms with Crippen molar-refractivity contribution < 1.29 is 5.11 Å². The summed E-state index contributed by atoms with van der Waals surface area (Å²) in [4.78, 5) is 0. The van der Waals surface area contributed by atoms with Crippen LogP contribution in [0.25, 0.3) is 0 Å². The molecular formula is C11H18N2O. The van der Waals surface area contributed by atoms with E-state index >= 15 is 0 Å². The van der Waals surface area contributed by atoms with E-state index in [9.17, 15) is 0 Å².